The zero-order valence-electron chi connectivity index (χ0n) is 9.73. The molecule has 1 fully saturated rings. The third-order valence-corrected chi connectivity index (χ3v) is 3.31. The van der Waals surface area contributed by atoms with E-state index in [2.05, 4.69) is 10.3 Å². The molecule has 1 aromatic heterocycles. The van der Waals surface area contributed by atoms with Crippen LogP contribution in [0.4, 0.5) is 5.82 Å². The van der Waals surface area contributed by atoms with Gasteiger partial charge in [0.1, 0.15) is 5.82 Å². The summed E-state index contributed by atoms with van der Waals surface area (Å²) in [5.41, 5.74) is 11.5. The molecule has 2 rings (SSSR count). The Bertz CT molecular complexity index is 390. The number of pyridine rings is 1. The van der Waals surface area contributed by atoms with Crippen LogP contribution in [0.15, 0.2) is 18.3 Å². The fraction of sp³-hybridized carbons (Fsp3) is 0.500. The molecule has 0 saturated heterocycles. The van der Waals surface area contributed by atoms with Gasteiger partial charge in [-0.25, -0.2) is 4.98 Å². The van der Waals surface area contributed by atoms with Gasteiger partial charge in [-0.15, -0.1) is 0 Å². The minimum absolute atomic E-state index is 0.299. The van der Waals surface area contributed by atoms with Crippen LogP contribution < -0.4 is 16.8 Å². The van der Waals surface area contributed by atoms with Crippen LogP contribution in [0.3, 0.4) is 0 Å². The van der Waals surface area contributed by atoms with E-state index in [9.17, 15) is 4.79 Å². The fourth-order valence-corrected chi connectivity index (χ4v) is 2.20. The summed E-state index contributed by atoms with van der Waals surface area (Å²) in [5, 5.41) is 3.24. The molecule has 1 saturated carbocycles. The highest BCUT2D eigenvalue weighted by Gasteiger charge is 2.23. The van der Waals surface area contributed by atoms with E-state index in [1.54, 1.807) is 12.1 Å². The second-order valence-electron chi connectivity index (χ2n) is 4.53. The van der Waals surface area contributed by atoms with Crippen LogP contribution in [-0.4, -0.2) is 23.5 Å². The van der Waals surface area contributed by atoms with E-state index in [-0.39, 0.29) is 0 Å². The van der Waals surface area contributed by atoms with Crippen molar-refractivity contribution in [2.45, 2.75) is 25.3 Å². The lowest BCUT2D eigenvalue weighted by molar-refractivity contribution is 0.1000. The lowest BCUT2D eigenvalue weighted by atomic mass is 10.1. The quantitative estimate of drug-likeness (QED) is 0.715. The number of nitrogens with one attached hydrogen (secondary N) is 1. The second-order valence-corrected chi connectivity index (χ2v) is 4.53. The van der Waals surface area contributed by atoms with Crippen molar-refractivity contribution in [2.75, 3.05) is 11.9 Å². The molecule has 0 aromatic carbocycles. The number of hydrogen-bond donors (Lipinski definition) is 3. The highest BCUT2D eigenvalue weighted by molar-refractivity contribution is 5.92. The number of nitrogens with zero attached hydrogens (tertiary/aromatic N) is 1. The molecule has 1 heterocycles. The van der Waals surface area contributed by atoms with E-state index in [4.69, 9.17) is 11.5 Å². The van der Waals surface area contributed by atoms with Crippen LogP contribution in [0.25, 0.3) is 0 Å². The lowest BCUT2D eigenvalue weighted by Crippen LogP contribution is -2.29. The van der Waals surface area contributed by atoms with E-state index in [0.717, 1.165) is 18.8 Å². The van der Waals surface area contributed by atoms with E-state index >= 15 is 0 Å². The van der Waals surface area contributed by atoms with E-state index < -0.39 is 5.91 Å². The van der Waals surface area contributed by atoms with Crippen molar-refractivity contribution >= 4 is 11.7 Å². The van der Waals surface area contributed by atoms with Gasteiger partial charge in [-0.05, 0) is 30.9 Å². The van der Waals surface area contributed by atoms with Crippen LogP contribution in [0.1, 0.15) is 29.6 Å². The summed E-state index contributed by atoms with van der Waals surface area (Å²) >= 11 is 0. The summed E-state index contributed by atoms with van der Waals surface area (Å²) < 4.78 is 0. The molecule has 1 aliphatic carbocycles. The summed E-state index contributed by atoms with van der Waals surface area (Å²) in [7, 11) is 0. The number of carbonyl (C=O) groups is 1. The maximum Gasteiger partial charge on any atom is 0.250 e. The Morgan fingerprint density at radius 2 is 2.29 bits per heavy atom. The van der Waals surface area contributed by atoms with Gasteiger partial charge in [0.05, 0.1) is 5.56 Å². The molecule has 1 aliphatic rings. The Balaban J connectivity index is 1.88. The summed E-state index contributed by atoms with van der Waals surface area (Å²) in [6.45, 7) is 0.837. The number of anilines is 1. The van der Waals surface area contributed by atoms with Crippen LogP contribution in [-0.2, 0) is 0 Å². The molecule has 0 spiro atoms. The average molecular weight is 234 g/mol. The van der Waals surface area contributed by atoms with Gasteiger partial charge >= 0.3 is 0 Å². The number of amides is 1. The average Bonchev–Trinajstić information content (AvgIpc) is 2.73. The van der Waals surface area contributed by atoms with Crippen LogP contribution in [0, 0.1) is 5.92 Å². The maximum atomic E-state index is 10.9. The number of rotatable bonds is 4. The Morgan fingerprint density at radius 3 is 2.82 bits per heavy atom. The number of nitrogens with two attached hydrogens (primary N) is 2. The molecule has 0 radical (unpaired) electrons. The van der Waals surface area contributed by atoms with Gasteiger partial charge in [0.25, 0.3) is 0 Å². The van der Waals surface area contributed by atoms with Crippen molar-refractivity contribution < 1.29 is 4.79 Å². The number of aromatic nitrogens is 1. The third kappa shape index (κ3) is 2.94. The van der Waals surface area contributed by atoms with Crippen LogP contribution in [0.5, 0.6) is 0 Å². The molecular formula is C12H18N4O. The SMILES string of the molecule is NC(=O)c1ccc(NCC2CCCC2N)nc1. The largest absolute Gasteiger partial charge is 0.370 e. The van der Waals surface area contributed by atoms with Gasteiger partial charge in [0.2, 0.25) is 5.91 Å². The molecule has 2 atom stereocenters. The molecule has 1 aromatic rings. The summed E-state index contributed by atoms with van der Waals surface area (Å²) in [6.07, 6.45) is 4.98. The normalized spacial score (nSPS) is 23.6. The first kappa shape index (κ1) is 11.9. The molecule has 17 heavy (non-hydrogen) atoms. The monoisotopic (exact) mass is 234 g/mol. The molecule has 0 aliphatic heterocycles. The molecule has 0 bridgehead atoms. The first-order chi connectivity index (χ1) is 8.16. The van der Waals surface area contributed by atoms with E-state index in [1.807, 2.05) is 0 Å². The first-order valence-corrected chi connectivity index (χ1v) is 5.92. The topological polar surface area (TPSA) is 94.0 Å². The van der Waals surface area contributed by atoms with Crippen molar-refractivity contribution in [3.63, 3.8) is 0 Å². The molecule has 1 amide bonds. The van der Waals surface area contributed by atoms with Crippen molar-refractivity contribution in [2.24, 2.45) is 17.4 Å². The Morgan fingerprint density at radius 1 is 1.47 bits per heavy atom. The van der Waals surface area contributed by atoms with Crippen molar-refractivity contribution in [1.82, 2.24) is 4.98 Å². The Kier molecular flexibility index (Phi) is 3.58. The van der Waals surface area contributed by atoms with Gasteiger partial charge in [0.15, 0.2) is 0 Å². The smallest absolute Gasteiger partial charge is 0.250 e. The number of hydrogen-bond acceptors (Lipinski definition) is 4. The van der Waals surface area contributed by atoms with Crippen molar-refractivity contribution in [1.29, 1.82) is 0 Å². The summed E-state index contributed by atoms with van der Waals surface area (Å²) in [6, 6.07) is 3.74. The predicted molar refractivity (Wildman–Crippen MR) is 66.6 cm³/mol. The minimum Gasteiger partial charge on any atom is -0.370 e. The predicted octanol–water partition coefficient (Wildman–Crippen LogP) is 0.720. The summed E-state index contributed by atoms with van der Waals surface area (Å²) in [4.78, 5) is 15.0. The standard InChI is InChI=1S/C12H18N4O/c13-10-3-1-2-8(10)6-15-11-5-4-9(7-16-11)12(14)17/h4-5,7-8,10H,1-3,6,13H2,(H2,14,17)(H,15,16). The zero-order valence-corrected chi connectivity index (χ0v) is 9.73. The first-order valence-electron chi connectivity index (χ1n) is 5.92. The van der Waals surface area contributed by atoms with Gasteiger partial charge in [0, 0.05) is 18.8 Å². The lowest BCUT2D eigenvalue weighted by Gasteiger charge is -2.16. The third-order valence-electron chi connectivity index (χ3n) is 3.31. The zero-order chi connectivity index (χ0) is 12.3. The molecular weight excluding hydrogens is 216 g/mol. The van der Waals surface area contributed by atoms with E-state index in [1.165, 1.54) is 19.0 Å². The highest BCUT2D eigenvalue weighted by Crippen LogP contribution is 2.23. The molecule has 92 valence electrons. The van der Waals surface area contributed by atoms with Crippen molar-refractivity contribution in [3.05, 3.63) is 23.9 Å². The molecule has 5 heteroatoms. The molecule has 5 nitrogen and oxygen atoms in total. The molecule has 5 N–H and O–H groups in total. The highest BCUT2D eigenvalue weighted by atomic mass is 16.1. The second kappa shape index (κ2) is 5.14. The minimum atomic E-state index is -0.457. The Hall–Kier alpha value is -1.62. The van der Waals surface area contributed by atoms with Gasteiger partial charge in [-0.3, -0.25) is 4.79 Å². The van der Waals surface area contributed by atoms with Gasteiger partial charge in [-0.2, -0.15) is 0 Å². The van der Waals surface area contributed by atoms with Crippen LogP contribution >= 0.6 is 0 Å². The Labute approximate surface area is 101 Å². The van der Waals surface area contributed by atoms with Gasteiger partial charge in [-0.1, -0.05) is 6.42 Å². The van der Waals surface area contributed by atoms with Crippen LogP contribution in [0.2, 0.25) is 0 Å². The maximum absolute atomic E-state index is 10.9. The number of carbonyl (C=O) groups excluding carboxylic acids is 1. The van der Waals surface area contributed by atoms with Crippen molar-refractivity contribution in [3.8, 4) is 0 Å². The van der Waals surface area contributed by atoms with E-state index in [0.29, 0.717) is 17.5 Å². The fourth-order valence-electron chi connectivity index (χ4n) is 2.20. The van der Waals surface area contributed by atoms with Gasteiger partial charge < -0.3 is 16.8 Å². The summed E-state index contributed by atoms with van der Waals surface area (Å²) in [5.74, 6) is 0.823. The number of primary amides is 1. The molecule has 2 unspecified atom stereocenters.